The maximum absolute atomic E-state index is 13.1. The van der Waals surface area contributed by atoms with Gasteiger partial charge in [-0.1, -0.05) is 36.4 Å². The average Bonchev–Trinajstić information content (AvgIpc) is 2.76. The molecule has 2 aromatic carbocycles. The standard InChI is InChI=1S/C24H25N3O/c28-24(21-8-7-18-5-1-2-6-20(18)15-21)26-23-19-9-12-27(13-10-19)22(23)14-17-4-3-11-25-16-17/h1-8,11,15-16,19,22-23H,9-10,12-14H2,(H,26,28). The lowest BCUT2D eigenvalue weighted by Gasteiger charge is -2.51. The lowest BCUT2D eigenvalue weighted by atomic mass is 9.76. The Labute approximate surface area is 165 Å². The Hall–Kier alpha value is -2.72. The molecule has 1 N–H and O–H groups in total. The van der Waals surface area contributed by atoms with Crippen LogP contribution < -0.4 is 5.32 Å². The van der Waals surface area contributed by atoms with Crippen LogP contribution in [0.1, 0.15) is 28.8 Å². The number of benzene rings is 2. The van der Waals surface area contributed by atoms with Gasteiger partial charge in [-0.3, -0.25) is 14.7 Å². The summed E-state index contributed by atoms with van der Waals surface area (Å²) in [6, 6.07) is 18.8. The molecule has 1 aromatic heterocycles. The van der Waals surface area contributed by atoms with Gasteiger partial charge in [0.05, 0.1) is 0 Å². The average molecular weight is 371 g/mol. The highest BCUT2D eigenvalue weighted by molar-refractivity contribution is 5.98. The minimum Gasteiger partial charge on any atom is -0.347 e. The molecule has 4 heterocycles. The zero-order valence-corrected chi connectivity index (χ0v) is 15.9. The molecule has 3 saturated heterocycles. The van der Waals surface area contributed by atoms with Crippen molar-refractivity contribution in [1.82, 2.24) is 15.2 Å². The number of nitrogens with zero attached hydrogens (tertiary/aromatic N) is 2. The summed E-state index contributed by atoms with van der Waals surface area (Å²) < 4.78 is 0. The second-order valence-electron chi connectivity index (χ2n) is 8.07. The summed E-state index contributed by atoms with van der Waals surface area (Å²) in [5.41, 5.74) is 1.99. The van der Waals surface area contributed by atoms with E-state index in [1.807, 2.05) is 48.8 Å². The monoisotopic (exact) mass is 371 g/mol. The number of amides is 1. The van der Waals surface area contributed by atoms with Crippen molar-refractivity contribution in [3.8, 4) is 0 Å². The fraction of sp³-hybridized carbons (Fsp3) is 0.333. The molecule has 2 bridgehead atoms. The maximum Gasteiger partial charge on any atom is 0.251 e. The minimum atomic E-state index is 0.0423. The smallest absolute Gasteiger partial charge is 0.251 e. The van der Waals surface area contributed by atoms with E-state index in [2.05, 4.69) is 33.4 Å². The molecular weight excluding hydrogens is 346 g/mol. The van der Waals surface area contributed by atoms with Gasteiger partial charge in [-0.25, -0.2) is 0 Å². The van der Waals surface area contributed by atoms with Crippen LogP contribution in [0.3, 0.4) is 0 Å². The van der Waals surface area contributed by atoms with Crippen LogP contribution >= 0.6 is 0 Å². The number of carbonyl (C=O) groups is 1. The van der Waals surface area contributed by atoms with E-state index >= 15 is 0 Å². The first-order valence-corrected chi connectivity index (χ1v) is 10.2. The number of hydrogen-bond donors (Lipinski definition) is 1. The van der Waals surface area contributed by atoms with Gasteiger partial charge in [0.15, 0.2) is 0 Å². The van der Waals surface area contributed by atoms with Gasteiger partial charge < -0.3 is 5.32 Å². The van der Waals surface area contributed by atoms with Gasteiger partial charge >= 0.3 is 0 Å². The number of pyridine rings is 1. The highest BCUT2D eigenvalue weighted by atomic mass is 16.1. The summed E-state index contributed by atoms with van der Waals surface area (Å²) in [6.07, 6.45) is 7.05. The number of piperidine rings is 3. The largest absolute Gasteiger partial charge is 0.347 e. The third-order valence-corrected chi connectivity index (χ3v) is 6.44. The first-order valence-electron chi connectivity index (χ1n) is 10.2. The third kappa shape index (κ3) is 3.29. The van der Waals surface area contributed by atoms with Crippen LogP contribution in [0.25, 0.3) is 10.8 Å². The molecule has 3 aliphatic heterocycles. The zero-order valence-electron chi connectivity index (χ0n) is 15.9. The number of aromatic nitrogens is 1. The lowest BCUT2D eigenvalue weighted by molar-refractivity contribution is 0.0136. The van der Waals surface area contributed by atoms with E-state index in [0.717, 1.165) is 35.8 Å². The topological polar surface area (TPSA) is 45.2 Å². The number of carbonyl (C=O) groups excluding carboxylic acids is 1. The van der Waals surface area contributed by atoms with Crippen molar-refractivity contribution in [1.29, 1.82) is 0 Å². The van der Waals surface area contributed by atoms with E-state index in [4.69, 9.17) is 0 Å². The Bertz CT molecular complexity index is 979. The van der Waals surface area contributed by atoms with Crippen LogP contribution in [0.2, 0.25) is 0 Å². The molecule has 0 saturated carbocycles. The number of fused-ring (bicyclic) bond motifs is 4. The molecule has 0 aliphatic carbocycles. The molecule has 3 aliphatic rings. The molecule has 0 radical (unpaired) electrons. The highest BCUT2D eigenvalue weighted by Crippen LogP contribution is 2.34. The number of rotatable bonds is 4. The first-order chi connectivity index (χ1) is 13.8. The summed E-state index contributed by atoms with van der Waals surface area (Å²) in [6.45, 7) is 2.27. The minimum absolute atomic E-state index is 0.0423. The third-order valence-electron chi connectivity index (χ3n) is 6.44. The van der Waals surface area contributed by atoms with Crippen molar-refractivity contribution < 1.29 is 4.79 Å². The van der Waals surface area contributed by atoms with Crippen molar-refractivity contribution in [2.45, 2.75) is 31.3 Å². The Balaban J connectivity index is 1.38. The second-order valence-corrected chi connectivity index (χ2v) is 8.07. The molecule has 3 fully saturated rings. The van der Waals surface area contributed by atoms with Crippen LogP contribution in [0.5, 0.6) is 0 Å². The fourth-order valence-corrected chi connectivity index (χ4v) is 4.95. The van der Waals surface area contributed by atoms with Gasteiger partial charge in [0.25, 0.3) is 5.91 Å². The molecule has 4 nitrogen and oxygen atoms in total. The molecule has 0 spiro atoms. The van der Waals surface area contributed by atoms with Gasteiger partial charge in [-0.2, -0.15) is 0 Å². The van der Waals surface area contributed by atoms with E-state index in [1.54, 1.807) is 0 Å². The van der Waals surface area contributed by atoms with Gasteiger partial charge in [-0.05, 0) is 72.8 Å². The van der Waals surface area contributed by atoms with E-state index in [9.17, 15) is 4.79 Å². The molecule has 6 rings (SSSR count). The van der Waals surface area contributed by atoms with E-state index in [0.29, 0.717) is 12.0 Å². The SMILES string of the molecule is O=C(NC1C2CCN(CC2)C1Cc1cccnc1)c1ccc2ccccc2c1. The Morgan fingerprint density at radius 3 is 2.64 bits per heavy atom. The lowest BCUT2D eigenvalue weighted by Crippen LogP contribution is -2.64. The normalized spacial score (nSPS) is 26.3. The van der Waals surface area contributed by atoms with Crippen LogP contribution in [0.4, 0.5) is 0 Å². The molecule has 2 unspecified atom stereocenters. The van der Waals surface area contributed by atoms with Crippen molar-refractivity contribution in [2.75, 3.05) is 13.1 Å². The first kappa shape index (κ1) is 17.4. The number of hydrogen-bond acceptors (Lipinski definition) is 3. The van der Waals surface area contributed by atoms with Crippen molar-refractivity contribution in [3.05, 3.63) is 78.1 Å². The number of nitrogens with one attached hydrogen (secondary N) is 1. The summed E-state index contributed by atoms with van der Waals surface area (Å²) in [5, 5.41) is 5.67. The molecule has 4 heteroatoms. The van der Waals surface area contributed by atoms with E-state index in [-0.39, 0.29) is 11.9 Å². The van der Waals surface area contributed by atoms with Crippen LogP contribution in [-0.4, -0.2) is 41.0 Å². The van der Waals surface area contributed by atoms with Gasteiger partial charge in [-0.15, -0.1) is 0 Å². The Kier molecular flexibility index (Phi) is 4.57. The summed E-state index contributed by atoms with van der Waals surface area (Å²) in [5.74, 6) is 0.608. The molecule has 2 atom stereocenters. The molecule has 3 aromatic rings. The van der Waals surface area contributed by atoms with Crippen molar-refractivity contribution >= 4 is 16.7 Å². The van der Waals surface area contributed by atoms with Crippen LogP contribution in [0, 0.1) is 5.92 Å². The zero-order chi connectivity index (χ0) is 18.9. The molecule has 142 valence electrons. The summed E-state index contributed by atoms with van der Waals surface area (Å²) in [7, 11) is 0. The highest BCUT2D eigenvalue weighted by Gasteiger charge is 2.42. The van der Waals surface area contributed by atoms with Crippen LogP contribution in [-0.2, 0) is 6.42 Å². The van der Waals surface area contributed by atoms with Gasteiger partial charge in [0.2, 0.25) is 0 Å². The van der Waals surface area contributed by atoms with Crippen molar-refractivity contribution in [3.63, 3.8) is 0 Å². The molecule has 1 amide bonds. The van der Waals surface area contributed by atoms with Crippen molar-refractivity contribution in [2.24, 2.45) is 5.92 Å². The van der Waals surface area contributed by atoms with Gasteiger partial charge in [0.1, 0.15) is 0 Å². The van der Waals surface area contributed by atoms with E-state index in [1.165, 1.54) is 18.4 Å². The van der Waals surface area contributed by atoms with E-state index < -0.39 is 0 Å². The predicted molar refractivity (Wildman–Crippen MR) is 111 cm³/mol. The quantitative estimate of drug-likeness (QED) is 0.761. The maximum atomic E-state index is 13.1. The summed E-state index contributed by atoms with van der Waals surface area (Å²) >= 11 is 0. The molecular formula is C24H25N3O. The molecule has 28 heavy (non-hydrogen) atoms. The fourth-order valence-electron chi connectivity index (χ4n) is 4.95. The predicted octanol–water partition coefficient (Wildman–Crippen LogP) is 3.67. The van der Waals surface area contributed by atoms with Crippen LogP contribution in [0.15, 0.2) is 67.0 Å². The van der Waals surface area contributed by atoms with Gasteiger partial charge in [0, 0.05) is 30.0 Å². The summed E-state index contributed by atoms with van der Waals surface area (Å²) in [4.78, 5) is 19.9. The Morgan fingerprint density at radius 1 is 1.04 bits per heavy atom. The Morgan fingerprint density at radius 2 is 1.86 bits per heavy atom. The second kappa shape index (κ2) is 7.36.